The Kier molecular flexibility index (Phi) is 3.60. The highest BCUT2D eigenvalue weighted by atomic mass is 16.5. The lowest BCUT2D eigenvalue weighted by atomic mass is 10.1. The molecule has 4 heteroatoms. The summed E-state index contributed by atoms with van der Waals surface area (Å²) >= 11 is 0. The number of aromatic nitrogens is 1. The minimum Gasteiger partial charge on any atom is -0.493 e. The highest BCUT2D eigenvalue weighted by Gasteiger charge is 2.09. The lowest BCUT2D eigenvalue weighted by molar-refractivity contribution is 0.376. The van der Waals surface area contributed by atoms with Gasteiger partial charge in [0.05, 0.1) is 7.11 Å². The highest BCUT2D eigenvalue weighted by Crippen LogP contribution is 2.34. The molecule has 0 bridgehead atoms. The van der Waals surface area contributed by atoms with Crippen LogP contribution in [0.3, 0.4) is 0 Å². The van der Waals surface area contributed by atoms with Crippen LogP contribution in [0.25, 0.3) is 10.8 Å². The third-order valence-corrected chi connectivity index (χ3v) is 3.29. The summed E-state index contributed by atoms with van der Waals surface area (Å²) in [4.78, 5) is 4.35. The number of para-hydroxylation sites is 2. The van der Waals surface area contributed by atoms with Gasteiger partial charge in [0.25, 0.3) is 0 Å². The second-order valence-electron chi connectivity index (χ2n) is 4.55. The summed E-state index contributed by atoms with van der Waals surface area (Å²) in [5, 5.41) is 5.16. The molecule has 0 amide bonds. The predicted molar refractivity (Wildman–Crippen MR) is 84.4 cm³/mol. The first-order valence-electron chi connectivity index (χ1n) is 6.69. The van der Waals surface area contributed by atoms with Crippen LogP contribution in [-0.4, -0.2) is 19.1 Å². The Hall–Kier alpha value is -2.75. The van der Waals surface area contributed by atoms with E-state index in [2.05, 4.69) is 10.3 Å². The maximum absolute atomic E-state index is 5.95. The van der Waals surface area contributed by atoms with Crippen molar-refractivity contribution >= 4 is 16.5 Å². The standard InChI is InChI=1S/C17H16N2O2/c1-18-13-8-7-12-9-10-19-17(14(12)11-13)21-16-6-4-3-5-15(16)20-2/h3-11,18H,1-2H3. The van der Waals surface area contributed by atoms with Crippen LogP contribution in [-0.2, 0) is 0 Å². The first-order valence-corrected chi connectivity index (χ1v) is 6.69. The van der Waals surface area contributed by atoms with Crippen LogP contribution < -0.4 is 14.8 Å². The van der Waals surface area contributed by atoms with Gasteiger partial charge in [-0.25, -0.2) is 4.98 Å². The summed E-state index contributed by atoms with van der Waals surface area (Å²) in [5.41, 5.74) is 1.01. The fraction of sp³-hybridized carbons (Fsp3) is 0.118. The molecule has 1 N–H and O–H groups in total. The topological polar surface area (TPSA) is 43.4 Å². The highest BCUT2D eigenvalue weighted by molar-refractivity contribution is 5.89. The van der Waals surface area contributed by atoms with E-state index in [1.807, 2.05) is 55.6 Å². The van der Waals surface area contributed by atoms with Crippen molar-refractivity contribution < 1.29 is 9.47 Å². The zero-order valence-corrected chi connectivity index (χ0v) is 12.0. The minimum absolute atomic E-state index is 0.564. The number of pyridine rings is 1. The molecule has 0 fully saturated rings. The molecule has 0 spiro atoms. The molecule has 1 heterocycles. The van der Waals surface area contributed by atoms with E-state index in [9.17, 15) is 0 Å². The molecule has 3 aromatic rings. The van der Waals surface area contributed by atoms with E-state index in [1.165, 1.54) is 0 Å². The van der Waals surface area contributed by atoms with Crippen LogP contribution >= 0.6 is 0 Å². The normalized spacial score (nSPS) is 10.4. The van der Waals surface area contributed by atoms with E-state index in [0.29, 0.717) is 17.4 Å². The fourth-order valence-electron chi connectivity index (χ4n) is 2.19. The summed E-state index contributed by atoms with van der Waals surface area (Å²) < 4.78 is 11.3. The van der Waals surface area contributed by atoms with E-state index in [1.54, 1.807) is 13.3 Å². The lowest BCUT2D eigenvalue weighted by Crippen LogP contribution is -1.94. The Morgan fingerprint density at radius 2 is 1.81 bits per heavy atom. The second-order valence-corrected chi connectivity index (χ2v) is 4.55. The van der Waals surface area contributed by atoms with Crippen molar-refractivity contribution in [2.75, 3.05) is 19.5 Å². The molecule has 21 heavy (non-hydrogen) atoms. The van der Waals surface area contributed by atoms with Gasteiger partial charge >= 0.3 is 0 Å². The molecule has 0 unspecified atom stereocenters. The smallest absolute Gasteiger partial charge is 0.227 e. The van der Waals surface area contributed by atoms with Gasteiger partial charge in [-0.1, -0.05) is 18.2 Å². The lowest BCUT2D eigenvalue weighted by Gasteiger charge is -2.11. The Morgan fingerprint density at radius 3 is 2.57 bits per heavy atom. The van der Waals surface area contributed by atoms with Gasteiger partial charge in [0, 0.05) is 24.3 Å². The van der Waals surface area contributed by atoms with Gasteiger partial charge < -0.3 is 14.8 Å². The Labute approximate surface area is 123 Å². The number of nitrogens with one attached hydrogen (secondary N) is 1. The van der Waals surface area contributed by atoms with Crippen molar-refractivity contribution in [2.24, 2.45) is 0 Å². The van der Waals surface area contributed by atoms with E-state index in [0.717, 1.165) is 16.5 Å². The minimum atomic E-state index is 0.564. The molecule has 2 aromatic carbocycles. The summed E-state index contributed by atoms with van der Waals surface area (Å²) in [6, 6.07) is 15.6. The zero-order valence-electron chi connectivity index (χ0n) is 12.0. The van der Waals surface area contributed by atoms with Gasteiger partial charge in [-0.05, 0) is 35.7 Å². The number of hydrogen-bond acceptors (Lipinski definition) is 4. The molecule has 0 atom stereocenters. The van der Waals surface area contributed by atoms with Crippen LogP contribution in [0.1, 0.15) is 0 Å². The van der Waals surface area contributed by atoms with Gasteiger partial charge in [-0.2, -0.15) is 0 Å². The first-order chi connectivity index (χ1) is 10.3. The van der Waals surface area contributed by atoms with Crippen LogP contribution in [0.4, 0.5) is 5.69 Å². The number of rotatable bonds is 4. The maximum atomic E-state index is 5.95. The van der Waals surface area contributed by atoms with Gasteiger partial charge in [0.2, 0.25) is 5.88 Å². The van der Waals surface area contributed by atoms with Crippen LogP contribution in [0.2, 0.25) is 0 Å². The Balaban J connectivity index is 2.07. The van der Waals surface area contributed by atoms with Gasteiger partial charge in [0.15, 0.2) is 11.5 Å². The molecule has 3 rings (SSSR count). The molecule has 0 saturated carbocycles. The molecular formula is C17H16N2O2. The van der Waals surface area contributed by atoms with Crippen molar-refractivity contribution in [2.45, 2.75) is 0 Å². The van der Waals surface area contributed by atoms with Crippen LogP contribution in [0, 0.1) is 0 Å². The maximum Gasteiger partial charge on any atom is 0.227 e. The van der Waals surface area contributed by atoms with Gasteiger partial charge in [0.1, 0.15) is 0 Å². The van der Waals surface area contributed by atoms with E-state index >= 15 is 0 Å². The largest absolute Gasteiger partial charge is 0.493 e. The molecule has 0 aliphatic heterocycles. The van der Waals surface area contributed by atoms with Gasteiger partial charge in [-0.3, -0.25) is 0 Å². The van der Waals surface area contributed by atoms with Crippen LogP contribution in [0.5, 0.6) is 17.4 Å². The third kappa shape index (κ3) is 2.60. The average Bonchev–Trinajstić information content (AvgIpc) is 2.55. The third-order valence-electron chi connectivity index (χ3n) is 3.29. The molecule has 106 valence electrons. The van der Waals surface area contributed by atoms with Crippen molar-refractivity contribution in [1.82, 2.24) is 4.98 Å². The SMILES string of the molecule is CNc1ccc2ccnc(Oc3ccccc3OC)c2c1. The molecule has 0 aliphatic carbocycles. The number of hydrogen-bond donors (Lipinski definition) is 1. The van der Waals surface area contributed by atoms with E-state index in [4.69, 9.17) is 9.47 Å². The Bertz CT molecular complexity index is 772. The number of ether oxygens (including phenoxy) is 2. The summed E-state index contributed by atoms with van der Waals surface area (Å²) in [7, 11) is 3.51. The van der Waals surface area contributed by atoms with Crippen molar-refractivity contribution in [1.29, 1.82) is 0 Å². The molecule has 1 aromatic heterocycles. The first kappa shape index (κ1) is 13.2. The summed E-state index contributed by atoms with van der Waals surface area (Å²) in [5.74, 6) is 1.89. The van der Waals surface area contributed by atoms with Crippen LogP contribution in [0.15, 0.2) is 54.7 Å². The number of fused-ring (bicyclic) bond motifs is 1. The van der Waals surface area contributed by atoms with E-state index < -0.39 is 0 Å². The number of anilines is 1. The van der Waals surface area contributed by atoms with Gasteiger partial charge in [-0.15, -0.1) is 0 Å². The zero-order chi connectivity index (χ0) is 14.7. The molecule has 4 nitrogen and oxygen atoms in total. The van der Waals surface area contributed by atoms with Crippen molar-refractivity contribution in [3.8, 4) is 17.4 Å². The number of nitrogens with zero attached hydrogens (tertiary/aromatic N) is 1. The van der Waals surface area contributed by atoms with Crippen molar-refractivity contribution in [3.05, 3.63) is 54.7 Å². The second kappa shape index (κ2) is 5.71. The monoisotopic (exact) mass is 280 g/mol. The number of benzene rings is 2. The molecule has 0 aliphatic rings. The average molecular weight is 280 g/mol. The molecular weight excluding hydrogens is 264 g/mol. The molecule has 0 saturated heterocycles. The predicted octanol–water partition coefficient (Wildman–Crippen LogP) is 4.08. The quantitative estimate of drug-likeness (QED) is 0.782. The van der Waals surface area contributed by atoms with E-state index in [-0.39, 0.29) is 0 Å². The Morgan fingerprint density at radius 1 is 1.00 bits per heavy atom. The summed E-state index contributed by atoms with van der Waals surface area (Å²) in [6.07, 6.45) is 1.74. The summed E-state index contributed by atoms with van der Waals surface area (Å²) in [6.45, 7) is 0. The fourth-order valence-corrected chi connectivity index (χ4v) is 2.19. The molecule has 0 radical (unpaired) electrons. The van der Waals surface area contributed by atoms with Crippen molar-refractivity contribution in [3.63, 3.8) is 0 Å². The number of methoxy groups -OCH3 is 1.